The minimum absolute atomic E-state index is 0.214. The van der Waals surface area contributed by atoms with E-state index in [1.54, 1.807) is 18.8 Å². The zero-order valence-corrected chi connectivity index (χ0v) is 10.3. The molecule has 1 fully saturated rings. The third-order valence-corrected chi connectivity index (χ3v) is 4.51. The molecule has 2 unspecified atom stereocenters. The van der Waals surface area contributed by atoms with Gasteiger partial charge in [-0.3, -0.25) is 0 Å². The number of rotatable bonds is 3. The molecule has 1 aromatic carbocycles. The molecule has 1 aliphatic heterocycles. The molecule has 0 aliphatic carbocycles. The summed E-state index contributed by atoms with van der Waals surface area (Å²) in [4.78, 5) is 0. The van der Waals surface area contributed by atoms with Gasteiger partial charge in [0, 0.05) is 16.9 Å². The lowest BCUT2D eigenvalue weighted by molar-refractivity contribution is 0.425. The Morgan fingerprint density at radius 1 is 1.29 bits per heavy atom. The molecule has 1 heterocycles. The Kier molecular flexibility index (Phi) is 3.99. The van der Waals surface area contributed by atoms with E-state index in [9.17, 15) is 13.2 Å². The number of thioether (sulfide) groups is 1. The summed E-state index contributed by atoms with van der Waals surface area (Å²) in [6.45, 7) is 0. The van der Waals surface area contributed by atoms with E-state index in [0.717, 1.165) is 24.7 Å². The van der Waals surface area contributed by atoms with Gasteiger partial charge in [-0.25, -0.2) is 13.2 Å². The highest BCUT2D eigenvalue weighted by atomic mass is 32.2. The molecule has 0 radical (unpaired) electrons. The van der Waals surface area contributed by atoms with Crippen molar-refractivity contribution in [2.75, 3.05) is 12.8 Å². The van der Waals surface area contributed by atoms with Gasteiger partial charge in [-0.15, -0.1) is 0 Å². The predicted molar refractivity (Wildman–Crippen MR) is 63.6 cm³/mol. The molecule has 0 aromatic heterocycles. The maximum Gasteiger partial charge on any atom is 0.194 e. The Morgan fingerprint density at radius 3 is 2.65 bits per heavy atom. The zero-order chi connectivity index (χ0) is 12.4. The molecule has 1 saturated heterocycles. The summed E-state index contributed by atoms with van der Waals surface area (Å²) in [7, 11) is 1.71. The third-order valence-electron chi connectivity index (χ3n) is 3.05. The highest BCUT2D eigenvalue weighted by Gasteiger charge is 2.29. The van der Waals surface area contributed by atoms with Crippen LogP contribution in [-0.2, 0) is 0 Å². The van der Waals surface area contributed by atoms with Gasteiger partial charge in [-0.1, -0.05) is 6.07 Å². The van der Waals surface area contributed by atoms with Crippen molar-refractivity contribution in [3.63, 3.8) is 0 Å². The first-order valence-electron chi connectivity index (χ1n) is 5.57. The van der Waals surface area contributed by atoms with Crippen LogP contribution in [0.2, 0.25) is 0 Å². The molecule has 1 aliphatic rings. The lowest BCUT2D eigenvalue weighted by atomic mass is 10.00. The van der Waals surface area contributed by atoms with Crippen molar-refractivity contribution in [3.8, 4) is 0 Å². The SMILES string of the molecule is CNC(c1ccc(F)c(F)c1F)C1CCCS1. The first-order chi connectivity index (χ1) is 8.15. The van der Waals surface area contributed by atoms with Crippen LogP contribution in [0.15, 0.2) is 12.1 Å². The van der Waals surface area contributed by atoms with E-state index in [1.165, 1.54) is 6.07 Å². The molecule has 2 rings (SSSR count). The van der Waals surface area contributed by atoms with Gasteiger partial charge in [0.1, 0.15) is 0 Å². The van der Waals surface area contributed by atoms with E-state index in [2.05, 4.69) is 5.32 Å². The number of nitrogens with one attached hydrogen (secondary N) is 1. The molecule has 1 N–H and O–H groups in total. The number of hydrogen-bond acceptors (Lipinski definition) is 2. The van der Waals surface area contributed by atoms with E-state index in [4.69, 9.17) is 0 Å². The van der Waals surface area contributed by atoms with Crippen LogP contribution in [0.4, 0.5) is 13.2 Å². The van der Waals surface area contributed by atoms with Gasteiger partial charge < -0.3 is 5.32 Å². The summed E-state index contributed by atoms with van der Waals surface area (Å²) >= 11 is 1.74. The van der Waals surface area contributed by atoms with Gasteiger partial charge in [0.05, 0.1) is 0 Å². The molecule has 0 bridgehead atoms. The minimum Gasteiger partial charge on any atom is -0.312 e. The summed E-state index contributed by atoms with van der Waals surface area (Å²) in [6, 6.07) is 2.04. The highest BCUT2D eigenvalue weighted by molar-refractivity contribution is 8.00. The molecule has 94 valence electrons. The van der Waals surface area contributed by atoms with Crippen molar-refractivity contribution in [1.82, 2.24) is 5.32 Å². The molecule has 0 spiro atoms. The maximum atomic E-state index is 13.7. The van der Waals surface area contributed by atoms with Crippen LogP contribution in [-0.4, -0.2) is 18.1 Å². The Hall–Kier alpha value is -0.680. The van der Waals surface area contributed by atoms with Crippen LogP contribution in [0.25, 0.3) is 0 Å². The Bertz CT molecular complexity index is 405. The van der Waals surface area contributed by atoms with Gasteiger partial charge in [0.15, 0.2) is 17.5 Å². The molecule has 0 saturated carbocycles. The zero-order valence-electron chi connectivity index (χ0n) is 9.47. The topological polar surface area (TPSA) is 12.0 Å². The summed E-state index contributed by atoms with van der Waals surface area (Å²) in [5.41, 5.74) is 0.214. The van der Waals surface area contributed by atoms with Crippen LogP contribution in [0, 0.1) is 17.5 Å². The lowest BCUT2D eigenvalue weighted by Gasteiger charge is -2.23. The van der Waals surface area contributed by atoms with Crippen molar-refractivity contribution in [2.45, 2.75) is 24.1 Å². The second-order valence-electron chi connectivity index (χ2n) is 4.08. The van der Waals surface area contributed by atoms with Gasteiger partial charge in [-0.2, -0.15) is 11.8 Å². The fraction of sp³-hybridized carbons (Fsp3) is 0.500. The largest absolute Gasteiger partial charge is 0.312 e. The van der Waals surface area contributed by atoms with Crippen LogP contribution in [0.1, 0.15) is 24.4 Å². The van der Waals surface area contributed by atoms with E-state index >= 15 is 0 Å². The van der Waals surface area contributed by atoms with Crippen LogP contribution in [0.3, 0.4) is 0 Å². The Morgan fingerprint density at radius 2 is 2.06 bits per heavy atom. The van der Waals surface area contributed by atoms with Crippen molar-refractivity contribution in [1.29, 1.82) is 0 Å². The van der Waals surface area contributed by atoms with Crippen molar-refractivity contribution < 1.29 is 13.2 Å². The summed E-state index contributed by atoms with van der Waals surface area (Å²) in [5.74, 6) is -2.56. The molecule has 0 amide bonds. The first-order valence-corrected chi connectivity index (χ1v) is 6.62. The van der Waals surface area contributed by atoms with Crippen molar-refractivity contribution in [3.05, 3.63) is 35.1 Å². The molecule has 17 heavy (non-hydrogen) atoms. The quantitative estimate of drug-likeness (QED) is 0.838. The fourth-order valence-corrected chi connectivity index (χ4v) is 3.63. The summed E-state index contributed by atoms with van der Waals surface area (Å²) < 4.78 is 39.7. The van der Waals surface area contributed by atoms with E-state index in [0.29, 0.717) is 0 Å². The van der Waals surface area contributed by atoms with Crippen LogP contribution >= 0.6 is 11.8 Å². The standard InChI is InChI=1S/C12H14F3NS/c1-16-12(9-3-2-6-17-9)7-4-5-8(13)11(15)10(7)14/h4-5,9,12,16H,2-3,6H2,1H3. The molecule has 1 nitrogen and oxygen atoms in total. The summed E-state index contributed by atoms with van der Waals surface area (Å²) in [5, 5.41) is 3.22. The van der Waals surface area contributed by atoms with Crippen molar-refractivity contribution >= 4 is 11.8 Å². The van der Waals surface area contributed by atoms with Gasteiger partial charge >= 0.3 is 0 Å². The number of hydrogen-bond donors (Lipinski definition) is 1. The molecule has 2 atom stereocenters. The second-order valence-corrected chi connectivity index (χ2v) is 5.43. The van der Waals surface area contributed by atoms with Crippen LogP contribution in [0.5, 0.6) is 0 Å². The predicted octanol–water partition coefficient (Wildman–Crippen LogP) is 3.26. The maximum absolute atomic E-state index is 13.7. The molecule has 5 heteroatoms. The van der Waals surface area contributed by atoms with E-state index in [-0.39, 0.29) is 16.9 Å². The van der Waals surface area contributed by atoms with Crippen molar-refractivity contribution in [2.24, 2.45) is 0 Å². The van der Waals surface area contributed by atoms with Gasteiger partial charge in [0.2, 0.25) is 0 Å². The fourth-order valence-electron chi connectivity index (χ4n) is 2.19. The highest BCUT2D eigenvalue weighted by Crippen LogP contribution is 2.37. The molecular weight excluding hydrogens is 247 g/mol. The number of halogens is 3. The van der Waals surface area contributed by atoms with Gasteiger partial charge in [0.25, 0.3) is 0 Å². The van der Waals surface area contributed by atoms with E-state index < -0.39 is 17.5 Å². The Labute approximate surface area is 103 Å². The van der Waals surface area contributed by atoms with Crippen LogP contribution < -0.4 is 5.32 Å². The van der Waals surface area contributed by atoms with Gasteiger partial charge in [-0.05, 0) is 31.7 Å². The normalized spacial score (nSPS) is 21.8. The molecular formula is C12H14F3NS. The van der Waals surface area contributed by atoms with E-state index in [1.807, 2.05) is 0 Å². The summed E-state index contributed by atoms with van der Waals surface area (Å²) in [6.07, 6.45) is 2.05. The average molecular weight is 261 g/mol. The average Bonchev–Trinajstić information content (AvgIpc) is 2.84. The monoisotopic (exact) mass is 261 g/mol. The first kappa shape index (κ1) is 12.8. The Balaban J connectivity index is 2.33. The second kappa shape index (κ2) is 5.31. The minimum atomic E-state index is -1.38. The lowest BCUT2D eigenvalue weighted by Crippen LogP contribution is -2.27. The molecule has 1 aromatic rings. The smallest absolute Gasteiger partial charge is 0.194 e. The third kappa shape index (κ3) is 2.45. The number of benzene rings is 1.